The van der Waals surface area contributed by atoms with Gasteiger partial charge in [-0.25, -0.2) is 0 Å². The summed E-state index contributed by atoms with van der Waals surface area (Å²) in [5, 5.41) is 6.08. The summed E-state index contributed by atoms with van der Waals surface area (Å²) in [4.78, 5) is 13.0. The van der Waals surface area contributed by atoms with E-state index in [9.17, 15) is 4.79 Å². The highest BCUT2D eigenvalue weighted by atomic mass is 35.5. The Kier molecular flexibility index (Phi) is 4.91. The van der Waals surface area contributed by atoms with Crippen LogP contribution in [0.4, 0.5) is 0 Å². The van der Waals surface area contributed by atoms with Crippen LogP contribution in [0.3, 0.4) is 0 Å². The van der Waals surface area contributed by atoms with Crippen LogP contribution in [-0.4, -0.2) is 21.5 Å². The summed E-state index contributed by atoms with van der Waals surface area (Å²) in [6, 6.07) is 16.8. The molecule has 0 bridgehead atoms. The lowest BCUT2D eigenvalue weighted by Crippen LogP contribution is -2.22. The average Bonchev–Trinajstić information content (AvgIpc) is 2.82. The van der Waals surface area contributed by atoms with E-state index < -0.39 is 0 Å². The summed E-state index contributed by atoms with van der Waals surface area (Å²) >= 11 is 12.3. The molecule has 0 saturated carbocycles. The first-order chi connectivity index (χ1) is 11.1. The molecule has 2 aromatic carbocycles. The monoisotopic (exact) mass is 358 g/mol. The fraction of sp³-hybridized carbons (Fsp3) is 0. The Morgan fingerprint density at radius 3 is 2.43 bits per heavy atom. The Hall–Kier alpha value is -1.95. The molecule has 0 unspecified atom stereocenters. The van der Waals surface area contributed by atoms with Gasteiger partial charge in [0.15, 0.2) is 4.32 Å². The van der Waals surface area contributed by atoms with Gasteiger partial charge in [0.25, 0.3) is 5.91 Å². The van der Waals surface area contributed by atoms with E-state index in [4.69, 9.17) is 23.8 Å². The highest BCUT2D eigenvalue weighted by Gasteiger charge is 2.31. The van der Waals surface area contributed by atoms with Gasteiger partial charge in [-0.2, -0.15) is 10.1 Å². The van der Waals surface area contributed by atoms with Crippen LogP contribution in [0.1, 0.15) is 11.1 Å². The summed E-state index contributed by atoms with van der Waals surface area (Å²) < 4.78 is 0.419. The summed E-state index contributed by atoms with van der Waals surface area (Å²) in [5.74, 6) is -0.214. The molecular formula is C17H11ClN2OS2. The Morgan fingerprint density at radius 2 is 1.74 bits per heavy atom. The molecule has 0 N–H and O–H groups in total. The fourth-order valence-electron chi connectivity index (χ4n) is 1.93. The van der Waals surface area contributed by atoms with Gasteiger partial charge in [-0.3, -0.25) is 4.79 Å². The topological polar surface area (TPSA) is 32.7 Å². The van der Waals surface area contributed by atoms with Crippen LogP contribution in [0.25, 0.3) is 6.08 Å². The molecule has 114 valence electrons. The highest BCUT2D eigenvalue weighted by molar-refractivity contribution is 8.26. The van der Waals surface area contributed by atoms with Crippen LogP contribution in [-0.2, 0) is 4.79 Å². The first-order valence-electron chi connectivity index (χ1n) is 6.76. The molecule has 1 heterocycles. The van der Waals surface area contributed by atoms with Crippen LogP contribution < -0.4 is 0 Å². The highest BCUT2D eigenvalue weighted by Crippen LogP contribution is 2.32. The fourth-order valence-corrected chi connectivity index (χ4v) is 3.23. The van der Waals surface area contributed by atoms with Gasteiger partial charge in [-0.05, 0) is 41.6 Å². The van der Waals surface area contributed by atoms with Gasteiger partial charge in [0.05, 0.1) is 11.1 Å². The van der Waals surface area contributed by atoms with E-state index in [-0.39, 0.29) is 5.91 Å². The number of carbonyl (C=O) groups is 1. The maximum atomic E-state index is 12.4. The zero-order valence-corrected chi connectivity index (χ0v) is 14.2. The molecule has 0 aromatic heterocycles. The molecule has 1 saturated heterocycles. The number of halogens is 1. The van der Waals surface area contributed by atoms with E-state index in [1.54, 1.807) is 18.3 Å². The lowest BCUT2D eigenvalue weighted by Gasteiger charge is -2.06. The molecule has 2 aromatic rings. The largest absolute Gasteiger partial charge is 0.286 e. The summed E-state index contributed by atoms with van der Waals surface area (Å²) in [5.41, 5.74) is 1.80. The van der Waals surface area contributed by atoms with Crippen molar-refractivity contribution in [1.82, 2.24) is 5.01 Å². The van der Waals surface area contributed by atoms with Crippen molar-refractivity contribution in [3.8, 4) is 0 Å². The lowest BCUT2D eigenvalue weighted by atomic mass is 10.2. The first kappa shape index (κ1) is 15.9. The van der Waals surface area contributed by atoms with Crippen LogP contribution in [0.5, 0.6) is 0 Å². The first-order valence-corrected chi connectivity index (χ1v) is 8.36. The van der Waals surface area contributed by atoms with Crippen molar-refractivity contribution in [3.05, 3.63) is 75.7 Å². The minimum Gasteiger partial charge on any atom is -0.266 e. The van der Waals surface area contributed by atoms with Crippen molar-refractivity contribution >= 4 is 58.1 Å². The molecule has 0 spiro atoms. The molecular weight excluding hydrogens is 348 g/mol. The number of thioether (sulfide) groups is 1. The second-order valence-corrected chi connectivity index (χ2v) is 6.81. The van der Waals surface area contributed by atoms with Gasteiger partial charge < -0.3 is 0 Å². The summed E-state index contributed by atoms with van der Waals surface area (Å²) in [7, 11) is 0. The molecule has 0 atom stereocenters. The molecule has 1 aliphatic heterocycles. The molecule has 3 nitrogen and oxygen atoms in total. The predicted octanol–water partition coefficient (Wildman–Crippen LogP) is 4.58. The van der Waals surface area contributed by atoms with Gasteiger partial charge in [-0.15, -0.1) is 0 Å². The minimum atomic E-state index is -0.214. The number of rotatable bonds is 3. The van der Waals surface area contributed by atoms with Crippen LogP contribution in [0.2, 0.25) is 5.02 Å². The maximum absolute atomic E-state index is 12.4. The summed E-state index contributed by atoms with van der Waals surface area (Å²) in [6.07, 6.45) is 3.41. The standard InChI is InChI=1S/C17H11ClN2OS2/c18-14-8-6-13(7-9-14)11-19-20-16(21)15(23-17(20)22)10-12-4-2-1-3-5-12/h1-11H/b15-10+,19-11+. The lowest BCUT2D eigenvalue weighted by molar-refractivity contribution is -0.122. The number of carbonyl (C=O) groups excluding carboxylic acids is 1. The number of hydrazone groups is 1. The second kappa shape index (κ2) is 7.08. The van der Waals surface area contributed by atoms with E-state index in [0.29, 0.717) is 14.2 Å². The Morgan fingerprint density at radius 1 is 1.04 bits per heavy atom. The van der Waals surface area contributed by atoms with Crippen molar-refractivity contribution < 1.29 is 4.79 Å². The number of benzene rings is 2. The molecule has 1 fully saturated rings. The predicted molar refractivity (Wildman–Crippen MR) is 100 cm³/mol. The van der Waals surface area contributed by atoms with E-state index in [2.05, 4.69) is 5.10 Å². The molecule has 3 rings (SSSR count). The molecule has 0 radical (unpaired) electrons. The maximum Gasteiger partial charge on any atom is 0.286 e. The average molecular weight is 359 g/mol. The zero-order valence-electron chi connectivity index (χ0n) is 11.8. The van der Waals surface area contributed by atoms with Crippen molar-refractivity contribution in [3.63, 3.8) is 0 Å². The molecule has 1 aliphatic rings. The van der Waals surface area contributed by atoms with Gasteiger partial charge >= 0.3 is 0 Å². The van der Waals surface area contributed by atoms with E-state index in [1.807, 2.05) is 48.5 Å². The quantitative estimate of drug-likeness (QED) is 0.457. The second-order valence-electron chi connectivity index (χ2n) is 4.70. The number of thiocarbonyl (C=S) groups is 1. The number of amides is 1. The zero-order chi connectivity index (χ0) is 16.2. The smallest absolute Gasteiger partial charge is 0.266 e. The third-order valence-corrected chi connectivity index (χ3v) is 4.60. The number of nitrogens with zero attached hydrogens (tertiary/aromatic N) is 2. The SMILES string of the molecule is O=C1/C(=C\c2ccccc2)SC(=S)N1/N=C/c1ccc(Cl)cc1. The van der Waals surface area contributed by atoms with E-state index in [1.165, 1.54) is 16.8 Å². The van der Waals surface area contributed by atoms with Gasteiger partial charge in [0, 0.05) is 5.02 Å². The minimum absolute atomic E-state index is 0.214. The van der Waals surface area contributed by atoms with Crippen LogP contribution in [0.15, 0.2) is 64.6 Å². The van der Waals surface area contributed by atoms with Crippen molar-refractivity contribution in [2.45, 2.75) is 0 Å². The van der Waals surface area contributed by atoms with Crippen molar-refractivity contribution in [2.75, 3.05) is 0 Å². The number of hydrogen-bond donors (Lipinski definition) is 0. The Bertz CT molecular complexity index is 801. The number of hydrogen-bond acceptors (Lipinski definition) is 4. The normalized spacial score (nSPS) is 16.7. The molecule has 23 heavy (non-hydrogen) atoms. The van der Waals surface area contributed by atoms with Gasteiger partial charge in [-0.1, -0.05) is 65.8 Å². The molecule has 1 amide bonds. The van der Waals surface area contributed by atoms with E-state index in [0.717, 1.165) is 11.1 Å². The van der Waals surface area contributed by atoms with Gasteiger partial charge in [0.1, 0.15) is 0 Å². The Labute approximate surface area is 148 Å². The van der Waals surface area contributed by atoms with Crippen molar-refractivity contribution in [1.29, 1.82) is 0 Å². The van der Waals surface area contributed by atoms with Gasteiger partial charge in [0.2, 0.25) is 0 Å². The van der Waals surface area contributed by atoms with E-state index >= 15 is 0 Å². The third-order valence-electron chi connectivity index (χ3n) is 3.06. The Balaban J connectivity index is 1.79. The molecule has 6 heteroatoms. The van der Waals surface area contributed by atoms with Crippen LogP contribution >= 0.6 is 35.6 Å². The van der Waals surface area contributed by atoms with Crippen molar-refractivity contribution in [2.24, 2.45) is 5.10 Å². The van der Waals surface area contributed by atoms with Crippen LogP contribution in [0, 0.1) is 0 Å². The summed E-state index contributed by atoms with van der Waals surface area (Å²) in [6.45, 7) is 0. The third kappa shape index (κ3) is 3.88. The molecule has 0 aliphatic carbocycles.